The molecule has 9 heteroatoms. The van der Waals surface area contributed by atoms with Crippen LogP contribution in [0, 0.1) is 0 Å². The largest absolute Gasteiger partial charge is 0.291 e. The molecule has 0 radical (unpaired) electrons. The number of carbonyl (C=O) groups excluding carboxylic acids is 2. The first-order valence-corrected chi connectivity index (χ1v) is 5.72. The van der Waals surface area contributed by atoms with Gasteiger partial charge in [-0.15, -0.1) is 0 Å². The molecule has 2 rings (SSSR count). The number of anilines is 1. The molecule has 0 atom stereocenters. The maximum atomic E-state index is 11.4. The lowest BCUT2D eigenvalue weighted by Gasteiger charge is -2.15. The Bertz CT molecular complexity index is 580. The fraction of sp³-hybridized carbons (Fsp3) is 0.273. The first-order chi connectivity index (χ1) is 9.65. The number of azide groups is 1. The zero-order chi connectivity index (χ0) is 14.5. The summed E-state index contributed by atoms with van der Waals surface area (Å²) in [6.45, 7) is -0.130. The number of rotatable bonds is 5. The molecule has 1 aromatic rings. The summed E-state index contributed by atoms with van der Waals surface area (Å²) in [5.74, 6) is -0.806. The minimum Gasteiger partial charge on any atom is -0.291 e. The van der Waals surface area contributed by atoms with Crippen LogP contribution in [0.2, 0.25) is 0 Å². The van der Waals surface area contributed by atoms with E-state index in [4.69, 9.17) is 15.6 Å². The van der Waals surface area contributed by atoms with E-state index in [0.717, 1.165) is 0 Å². The molecule has 0 saturated carbocycles. The summed E-state index contributed by atoms with van der Waals surface area (Å²) in [6, 6.07) is 4.45. The lowest BCUT2D eigenvalue weighted by Crippen LogP contribution is -2.29. The van der Waals surface area contributed by atoms with E-state index in [1.807, 2.05) is 5.48 Å². The van der Waals surface area contributed by atoms with Gasteiger partial charge in [0.2, 0.25) is 0 Å². The van der Waals surface area contributed by atoms with Crippen LogP contribution in [0.25, 0.3) is 10.4 Å². The van der Waals surface area contributed by atoms with Crippen molar-refractivity contribution >= 4 is 23.2 Å². The molecule has 20 heavy (non-hydrogen) atoms. The molecule has 0 unspecified atom stereocenters. The third-order valence-corrected chi connectivity index (χ3v) is 2.72. The normalized spacial score (nSPS) is 14.3. The van der Waals surface area contributed by atoms with Crippen LogP contribution in [0.15, 0.2) is 23.3 Å². The maximum absolute atomic E-state index is 11.4. The Labute approximate surface area is 113 Å². The third-order valence-electron chi connectivity index (χ3n) is 2.72. The molecule has 1 saturated heterocycles. The van der Waals surface area contributed by atoms with Gasteiger partial charge in [0.1, 0.15) is 6.61 Å². The van der Waals surface area contributed by atoms with E-state index in [2.05, 4.69) is 10.0 Å². The van der Waals surface area contributed by atoms with Crippen LogP contribution in [0.4, 0.5) is 11.4 Å². The van der Waals surface area contributed by atoms with Crippen molar-refractivity contribution in [3.05, 3.63) is 34.2 Å². The molecule has 0 spiro atoms. The van der Waals surface area contributed by atoms with Gasteiger partial charge in [-0.05, 0) is 17.7 Å². The Balaban J connectivity index is 2.15. The van der Waals surface area contributed by atoms with Crippen LogP contribution >= 0.6 is 0 Å². The summed E-state index contributed by atoms with van der Waals surface area (Å²) < 4.78 is 0. The number of amides is 2. The molecule has 0 aliphatic carbocycles. The van der Waals surface area contributed by atoms with E-state index in [1.165, 1.54) is 18.2 Å². The Morgan fingerprint density at radius 2 is 2.10 bits per heavy atom. The second kappa shape index (κ2) is 6.02. The molecule has 1 fully saturated rings. The van der Waals surface area contributed by atoms with Gasteiger partial charge in [-0.3, -0.25) is 25.1 Å². The molecule has 1 heterocycles. The molecule has 2 N–H and O–H groups in total. The van der Waals surface area contributed by atoms with Crippen molar-refractivity contribution in [2.24, 2.45) is 5.11 Å². The molecule has 0 aromatic heterocycles. The predicted molar refractivity (Wildman–Crippen MR) is 66.5 cm³/mol. The number of hydrogen-bond donors (Lipinski definition) is 2. The SMILES string of the molecule is [N-]=[N+]=Nc1ccc(NO)c(CON2C(=O)CCC2=O)c1. The fourth-order valence-corrected chi connectivity index (χ4v) is 1.76. The van der Waals surface area contributed by atoms with Crippen LogP contribution in [-0.2, 0) is 21.0 Å². The highest BCUT2D eigenvalue weighted by Crippen LogP contribution is 2.24. The quantitative estimate of drug-likeness (QED) is 0.280. The second-order valence-corrected chi connectivity index (χ2v) is 4.00. The van der Waals surface area contributed by atoms with Crippen molar-refractivity contribution in [3.8, 4) is 0 Å². The third kappa shape index (κ3) is 2.86. The monoisotopic (exact) mass is 277 g/mol. The topological polar surface area (TPSA) is 128 Å². The smallest absolute Gasteiger partial charge is 0.254 e. The van der Waals surface area contributed by atoms with Crippen molar-refractivity contribution in [3.63, 3.8) is 0 Å². The lowest BCUT2D eigenvalue weighted by molar-refractivity contribution is -0.191. The summed E-state index contributed by atoms with van der Waals surface area (Å²) in [4.78, 5) is 30.5. The van der Waals surface area contributed by atoms with Crippen molar-refractivity contribution in [1.82, 2.24) is 5.06 Å². The van der Waals surface area contributed by atoms with E-state index in [0.29, 0.717) is 22.0 Å². The van der Waals surface area contributed by atoms with Crippen LogP contribution < -0.4 is 5.48 Å². The number of hydroxylamine groups is 2. The maximum Gasteiger partial charge on any atom is 0.254 e. The average Bonchev–Trinajstić information content (AvgIpc) is 2.76. The molecular formula is C11H11N5O4. The van der Waals surface area contributed by atoms with Gasteiger partial charge in [-0.1, -0.05) is 11.2 Å². The van der Waals surface area contributed by atoms with Crippen molar-refractivity contribution < 1.29 is 19.6 Å². The predicted octanol–water partition coefficient (Wildman–Crippen LogP) is 2.01. The zero-order valence-electron chi connectivity index (χ0n) is 10.3. The van der Waals surface area contributed by atoms with Crippen molar-refractivity contribution in [1.29, 1.82) is 0 Å². The lowest BCUT2D eigenvalue weighted by atomic mass is 10.2. The summed E-state index contributed by atoms with van der Waals surface area (Å²) in [7, 11) is 0. The van der Waals surface area contributed by atoms with E-state index >= 15 is 0 Å². The van der Waals surface area contributed by atoms with Gasteiger partial charge >= 0.3 is 0 Å². The summed E-state index contributed by atoms with van der Waals surface area (Å²) >= 11 is 0. The van der Waals surface area contributed by atoms with E-state index in [1.54, 1.807) is 0 Å². The highest BCUT2D eigenvalue weighted by molar-refractivity contribution is 6.00. The summed E-state index contributed by atoms with van der Waals surface area (Å²) in [5, 5.41) is 13.1. The van der Waals surface area contributed by atoms with Crippen LogP contribution in [0.1, 0.15) is 18.4 Å². The molecule has 1 aromatic carbocycles. The number of carbonyl (C=O) groups is 2. The molecule has 2 amide bonds. The molecule has 0 bridgehead atoms. The number of nitrogens with zero attached hydrogens (tertiary/aromatic N) is 4. The van der Waals surface area contributed by atoms with Gasteiger partial charge < -0.3 is 0 Å². The molecule has 1 aliphatic heterocycles. The van der Waals surface area contributed by atoms with Crippen molar-refractivity contribution in [2.45, 2.75) is 19.4 Å². The minimum absolute atomic E-state index is 0.128. The number of imide groups is 1. The van der Waals surface area contributed by atoms with Crippen LogP contribution in [0.3, 0.4) is 0 Å². The van der Waals surface area contributed by atoms with Gasteiger partial charge in [0.15, 0.2) is 0 Å². The highest BCUT2D eigenvalue weighted by atomic mass is 16.7. The summed E-state index contributed by atoms with van der Waals surface area (Å²) in [5.41, 5.74) is 11.4. The van der Waals surface area contributed by atoms with Gasteiger partial charge in [0.25, 0.3) is 11.8 Å². The standard InChI is InChI=1S/C11H11N5O4/c12-15-13-8-1-2-9(14-19)7(5-8)6-20-16-10(17)3-4-11(16)18/h1-2,5,14,19H,3-4,6H2. The molecular weight excluding hydrogens is 266 g/mol. The molecule has 1 aliphatic rings. The Morgan fingerprint density at radius 1 is 1.40 bits per heavy atom. The van der Waals surface area contributed by atoms with Crippen LogP contribution in [-0.4, -0.2) is 22.1 Å². The summed E-state index contributed by atoms with van der Waals surface area (Å²) in [6.07, 6.45) is 0.255. The van der Waals surface area contributed by atoms with Gasteiger partial charge in [0.05, 0.1) is 5.69 Å². The zero-order valence-corrected chi connectivity index (χ0v) is 10.3. The minimum atomic E-state index is -0.403. The Hall–Kier alpha value is -2.61. The first kappa shape index (κ1) is 13.8. The van der Waals surface area contributed by atoms with Gasteiger partial charge in [0, 0.05) is 29.0 Å². The highest BCUT2D eigenvalue weighted by Gasteiger charge is 2.30. The number of hydrogen-bond acceptors (Lipinski definition) is 6. The fourth-order valence-electron chi connectivity index (χ4n) is 1.76. The van der Waals surface area contributed by atoms with E-state index in [-0.39, 0.29) is 19.4 Å². The second-order valence-electron chi connectivity index (χ2n) is 4.00. The van der Waals surface area contributed by atoms with Crippen LogP contribution in [0.5, 0.6) is 0 Å². The average molecular weight is 277 g/mol. The Kier molecular flexibility index (Phi) is 4.16. The molecule has 9 nitrogen and oxygen atoms in total. The van der Waals surface area contributed by atoms with E-state index < -0.39 is 11.8 Å². The number of benzene rings is 1. The van der Waals surface area contributed by atoms with Gasteiger partial charge in [-0.2, -0.15) is 5.06 Å². The van der Waals surface area contributed by atoms with E-state index in [9.17, 15) is 9.59 Å². The first-order valence-electron chi connectivity index (χ1n) is 5.72. The Morgan fingerprint density at radius 3 is 2.70 bits per heavy atom. The van der Waals surface area contributed by atoms with Crippen molar-refractivity contribution in [2.75, 3.05) is 5.48 Å². The number of nitrogens with one attached hydrogen (secondary N) is 1. The molecule has 104 valence electrons. The van der Waals surface area contributed by atoms with Gasteiger partial charge in [-0.25, -0.2) is 0 Å².